The maximum absolute atomic E-state index is 9.19. The van der Waals surface area contributed by atoms with E-state index in [0.717, 1.165) is 19.6 Å². The van der Waals surface area contributed by atoms with Gasteiger partial charge in [0, 0.05) is 5.56 Å². The Balaban J connectivity index is 1.72. The van der Waals surface area contributed by atoms with Crippen LogP contribution in [0.4, 0.5) is 0 Å². The zero-order chi connectivity index (χ0) is 14.8. The van der Waals surface area contributed by atoms with Crippen molar-refractivity contribution >= 4 is 0 Å². The molecule has 0 amide bonds. The molecule has 2 N–H and O–H groups in total. The van der Waals surface area contributed by atoms with Crippen LogP contribution in [0.3, 0.4) is 0 Å². The summed E-state index contributed by atoms with van der Waals surface area (Å²) in [7, 11) is 0. The van der Waals surface area contributed by atoms with E-state index in [2.05, 4.69) is 36.4 Å². The van der Waals surface area contributed by atoms with E-state index in [1.165, 1.54) is 16.0 Å². The van der Waals surface area contributed by atoms with Crippen LogP contribution in [-0.2, 0) is 17.9 Å². The Bertz CT molecular complexity index is 487. The molecule has 3 nitrogen and oxygen atoms in total. The van der Waals surface area contributed by atoms with Crippen LogP contribution in [0.1, 0.15) is 11.1 Å². The summed E-state index contributed by atoms with van der Waals surface area (Å²) >= 11 is 0. The van der Waals surface area contributed by atoms with E-state index in [4.69, 9.17) is 4.74 Å². The maximum Gasteiger partial charge on any atom is 0.103 e. The summed E-state index contributed by atoms with van der Waals surface area (Å²) in [5.74, 6) is 0. The van der Waals surface area contributed by atoms with Gasteiger partial charge in [-0.15, -0.1) is 0 Å². The summed E-state index contributed by atoms with van der Waals surface area (Å²) in [6.45, 7) is 4.15. The van der Waals surface area contributed by atoms with Gasteiger partial charge in [-0.2, -0.15) is 0 Å². The lowest BCUT2D eigenvalue weighted by molar-refractivity contribution is -0.914. The van der Waals surface area contributed by atoms with Crippen LogP contribution in [-0.4, -0.2) is 31.4 Å². The van der Waals surface area contributed by atoms with Gasteiger partial charge in [0.1, 0.15) is 19.6 Å². The number of quaternary nitrogens is 1. The standard InChI is InChI=1S/C18H23NO2/c20-13-11-19(15-17-7-3-1-4-8-17)12-14-21-16-18-9-5-2-6-10-18/h1-10,20H,11-16H2/p+1. The molecule has 0 radical (unpaired) electrons. The molecule has 0 spiro atoms. The minimum atomic E-state index is 0.209. The smallest absolute Gasteiger partial charge is 0.103 e. The van der Waals surface area contributed by atoms with Gasteiger partial charge in [0.05, 0.1) is 19.8 Å². The van der Waals surface area contributed by atoms with Crippen molar-refractivity contribution in [1.29, 1.82) is 0 Å². The van der Waals surface area contributed by atoms with Crippen molar-refractivity contribution in [3.8, 4) is 0 Å². The first-order valence-electron chi connectivity index (χ1n) is 7.48. The fraction of sp³-hybridized carbons (Fsp3) is 0.333. The first kappa shape index (κ1) is 15.7. The molecule has 0 aromatic heterocycles. The summed E-state index contributed by atoms with van der Waals surface area (Å²) in [6.07, 6.45) is 0. The molecule has 0 heterocycles. The zero-order valence-electron chi connectivity index (χ0n) is 12.4. The zero-order valence-corrected chi connectivity index (χ0v) is 12.4. The Morgan fingerprint density at radius 2 is 1.43 bits per heavy atom. The summed E-state index contributed by atoms with van der Waals surface area (Å²) in [4.78, 5) is 1.34. The largest absolute Gasteiger partial charge is 0.391 e. The molecule has 2 aromatic carbocycles. The second-order valence-electron chi connectivity index (χ2n) is 5.17. The van der Waals surface area contributed by atoms with Crippen molar-refractivity contribution in [2.45, 2.75) is 13.2 Å². The predicted molar refractivity (Wildman–Crippen MR) is 84.0 cm³/mol. The molecule has 3 heteroatoms. The van der Waals surface area contributed by atoms with Gasteiger partial charge in [-0.1, -0.05) is 60.7 Å². The first-order chi connectivity index (χ1) is 10.4. The number of benzene rings is 2. The molecule has 112 valence electrons. The lowest BCUT2D eigenvalue weighted by Gasteiger charge is -2.18. The highest BCUT2D eigenvalue weighted by atomic mass is 16.5. The van der Waals surface area contributed by atoms with Crippen molar-refractivity contribution in [2.24, 2.45) is 0 Å². The number of hydrogen-bond donors (Lipinski definition) is 2. The summed E-state index contributed by atoms with van der Waals surface area (Å²) in [5.41, 5.74) is 2.49. The Morgan fingerprint density at radius 1 is 0.810 bits per heavy atom. The highest BCUT2D eigenvalue weighted by Gasteiger charge is 2.08. The molecule has 1 atom stereocenters. The monoisotopic (exact) mass is 286 g/mol. The molecule has 0 bridgehead atoms. The Hall–Kier alpha value is -1.68. The van der Waals surface area contributed by atoms with Crippen LogP contribution < -0.4 is 4.90 Å². The molecule has 0 fully saturated rings. The Morgan fingerprint density at radius 3 is 2.05 bits per heavy atom. The van der Waals surface area contributed by atoms with Crippen LogP contribution in [0.25, 0.3) is 0 Å². The van der Waals surface area contributed by atoms with Crippen molar-refractivity contribution < 1.29 is 14.7 Å². The van der Waals surface area contributed by atoms with E-state index in [9.17, 15) is 5.11 Å². The number of ether oxygens (including phenoxy) is 1. The quantitative estimate of drug-likeness (QED) is 0.681. The fourth-order valence-electron chi connectivity index (χ4n) is 2.33. The van der Waals surface area contributed by atoms with Gasteiger partial charge in [-0.3, -0.25) is 0 Å². The van der Waals surface area contributed by atoms with Gasteiger partial charge >= 0.3 is 0 Å². The third-order valence-electron chi connectivity index (χ3n) is 3.47. The number of hydrogen-bond acceptors (Lipinski definition) is 2. The molecule has 0 saturated heterocycles. The minimum absolute atomic E-state index is 0.209. The second-order valence-corrected chi connectivity index (χ2v) is 5.17. The van der Waals surface area contributed by atoms with Crippen molar-refractivity contribution in [3.63, 3.8) is 0 Å². The number of rotatable bonds is 9. The molecule has 21 heavy (non-hydrogen) atoms. The minimum Gasteiger partial charge on any atom is -0.391 e. The molecular weight excluding hydrogens is 262 g/mol. The molecule has 2 aromatic rings. The molecule has 0 aliphatic carbocycles. The second kappa shape index (κ2) is 9.29. The highest BCUT2D eigenvalue weighted by molar-refractivity contribution is 5.13. The Labute approximate surface area is 126 Å². The molecule has 0 saturated carbocycles. The number of nitrogens with one attached hydrogen (secondary N) is 1. The van der Waals surface area contributed by atoms with Crippen molar-refractivity contribution in [3.05, 3.63) is 71.8 Å². The van der Waals surface area contributed by atoms with E-state index in [0.29, 0.717) is 13.2 Å². The van der Waals surface area contributed by atoms with Gasteiger partial charge in [0.2, 0.25) is 0 Å². The van der Waals surface area contributed by atoms with Crippen LogP contribution in [0.2, 0.25) is 0 Å². The van der Waals surface area contributed by atoms with Crippen LogP contribution in [0.5, 0.6) is 0 Å². The lowest BCUT2D eigenvalue weighted by Crippen LogP contribution is -3.11. The van der Waals surface area contributed by atoms with Gasteiger partial charge in [-0.05, 0) is 5.56 Å². The predicted octanol–water partition coefficient (Wildman–Crippen LogP) is 1.28. The summed E-state index contributed by atoms with van der Waals surface area (Å²) < 4.78 is 5.73. The Kier molecular flexibility index (Phi) is 6.95. The molecular formula is C18H24NO2+. The van der Waals surface area contributed by atoms with Crippen molar-refractivity contribution in [2.75, 3.05) is 26.3 Å². The molecule has 1 unspecified atom stereocenters. The van der Waals surface area contributed by atoms with E-state index >= 15 is 0 Å². The summed E-state index contributed by atoms with van der Waals surface area (Å²) in [5, 5.41) is 9.19. The molecule has 2 rings (SSSR count). The average molecular weight is 286 g/mol. The average Bonchev–Trinajstić information content (AvgIpc) is 2.54. The van der Waals surface area contributed by atoms with Crippen molar-refractivity contribution in [1.82, 2.24) is 0 Å². The van der Waals surface area contributed by atoms with E-state index < -0.39 is 0 Å². The first-order valence-corrected chi connectivity index (χ1v) is 7.48. The number of aliphatic hydroxyl groups excluding tert-OH is 1. The number of aliphatic hydroxyl groups is 1. The van der Waals surface area contributed by atoms with E-state index in [1.54, 1.807) is 0 Å². The van der Waals surface area contributed by atoms with Crippen LogP contribution in [0.15, 0.2) is 60.7 Å². The van der Waals surface area contributed by atoms with Gasteiger partial charge in [-0.25, -0.2) is 0 Å². The lowest BCUT2D eigenvalue weighted by atomic mass is 10.2. The van der Waals surface area contributed by atoms with Crippen LogP contribution in [0, 0.1) is 0 Å². The molecule has 0 aliphatic rings. The van der Waals surface area contributed by atoms with Gasteiger partial charge < -0.3 is 14.7 Å². The fourth-order valence-corrected chi connectivity index (χ4v) is 2.33. The third kappa shape index (κ3) is 6.08. The van der Waals surface area contributed by atoms with Gasteiger partial charge in [0.25, 0.3) is 0 Å². The topological polar surface area (TPSA) is 33.9 Å². The normalized spacial score (nSPS) is 12.2. The third-order valence-corrected chi connectivity index (χ3v) is 3.47. The maximum atomic E-state index is 9.19. The van der Waals surface area contributed by atoms with Crippen LogP contribution >= 0.6 is 0 Å². The van der Waals surface area contributed by atoms with E-state index in [-0.39, 0.29) is 6.61 Å². The van der Waals surface area contributed by atoms with E-state index in [1.807, 2.05) is 24.3 Å². The van der Waals surface area contributed by atoms with Gasteiger partial charge in [0.15, 0.2) is 0 Å². The SMILES string of the molecule is OCC[NH+](CCOCc1ccccc1)Cc1ccccc1. The molecule has 0 aliphatic heterocycles. The highest BCUT2D eigenvalue weighted by Crippen LogP contribution is 1.99. The summed E-state index contributed by atoms with van der Waals surface area (Å²) in [6, 6.07) is 20.6.